The summed E-state index contributed by atoms with van der Waals surface area (Å²) in [5.74, 6) is -0.663. The number of benzene rings is 1. The number of nitrogens with one attached hydrogen (secondary N) is 1. The van der Waals surface area contributed by atoms with Crippen LogP contribution in [0.3, 0.4) is 0 Å². The third-order valence-electron chi connectivity index (χ3n) is 6.03. The maximum absolute atomic E-state index is 15.0. The van der Waals surface area contributed by atoms with Gasteiger partial charge in [-0.25, -0.2) is 9.18 Å². The van der Waals surface area contributed by atoms with Crippen molar-refractivity contribution in [3.63, 3.8) is 0 Å². The van der Waals surface area contributed by atoms with Crippen LogP contribution in [0.25, 0.3) is 11.3 Å². The van der Waals surface area contributed by atoms with Gasteiger partial charge in [0.05, 0.1) is 37.2 Å². The highest BCUT2D eigenvalue weighted by Crippen LogP contribution is 2.32. The first-order valence-corrected chi connectivity index (χ1v) is 11.6. The molecule has 1 saturated heterocycles. The fourth-order valence-electron chi connectivity index (χ4n) is 4.19. The van der Waals surface area contributed by atoms with E-state index in [9.17, 15) is 24.1 Å². The first-order chi connectivity index (χ1) is 18.1. The van der Waals surface area contributed by atoms with Crippen molar-refractivity contribution in [3.8, 4) is 23.0 Å². The van der Waals surface area contributed by atoms with E-state index in [1.807, 2.05) is 0 Å². The summed E-state index contributed by atoms with van der Waals surface area (Å²) in [6, 6.07) is 7.75. The van der Waals surface area contributed by atoms with Crippen LogP contribution in [0.2, 0.25) is 0 Å². The average Bonchev–Trinajstić information content (AvgIpc) is 3.53. The Balaban J connectivity index is 1.20. The predicted octanol–water partition coefficient (Wildman–Crippen LogP) is 2.68. The molecule has 0 spiro atoms. The molecule has 1 fully saturated rings. The second-order valence-electron chi connectivity index (χ2n) is 9.20. The number of amides is 2. The van der Waals surface area contributed by atoms with Gasteiger partial charge in [0, 0.05) is 17.5 Å². The van der Waals surface area contributed by atoms with Crippen molar-refractivity contribution < 1.29 is 33.1 Å². The molecule has 2 atom stereocenters. The molecule has 2 aliphatic rings. The van der Waals surface area contributed by atoms with E-state index in [1.54, 1.807) is 29.7 Å². The van der Waals surface area contributed by atoms with E-state index in [4.69, 9.17) is 14.2 Å². The molecule has 1 unspecified atom stereocenters. The molecule has 0 radical (unpaired) electrons. The van der Waals surface area contributed by atoms with Gasteiger partial charge < -0.3 is 29.6 Å². The molecule has 1 aromatic carbocycles. The minimum Gasteiger partial charge on any atom is -0.488 e. The molecule has 1 N–H and O–H groups in total. The molecule has 4 heterocycles. The van der Waals surface area contributed by atoms with E-state index in [1.165, 1.54) is 36.4 Å². The number of carbonyl (C=O) groups excluding carboxylic acids is 2. The molecule has 0 bridgehead atoms. The van der Waals surface area contributed by atoms with E-state index < -0.39 is 28.5 Å². The van der Waals surface area contributed by atoms with E-state index in [-0.39, 0.29) is 43.0 Å². The van der Waals surface area contributed by atoms with Crippen LogP contribution in [0.15, 0.2) is 42.7 Å². The molecular weight excluding hydrogens is 503 g/mol. The predicted molar refractivity (Wildman–Crippen MR) is 129 cm³/mol. The lowest BCUT2D eigenvalue weighted by molar-refractivity contribution is -0.389. The fraction of sp³-hybridized carbons (Fsp3) is 0.333. The average molecular weight is 526 g/mol. The fourth-order valence-corrected chi connectivity index (χ4v) is 4.19. The molecule has 14 heteroatoms. The lowest BCUT2D eigenvalue weighted by Gasteiger charge is -2.22. The Morgan fingerprint density at radius 1 is 1.37 bits per heavy atom. The van der Waals surface area contributed by atoms with E-state index >= 15 is 0 Å². The van der Waals surface area contributed by atoms with Crippen LogP contribution in [0.5, 0.6) is 11.8 Å². The minimum absolute atomic E-state index is 0.128. The zero-order chi connectivity index (χ0) is 27.0. The van der Waals surface area contributed by atoms with Gasteiger partial charge in [-0.3, -0.25) is 19.2 Å². The number of hydrogen-bond acceptors (Lipinski definition) is 9. The van der Waals surface area contributed by atoms with Gasteiger partial charge in [0.2, 0.25) is 5.91 Å². The van der Waals surface area contributed by atoms with E-state index in [2.05, 4.69) is 15.3 Å². The summed E-state index contributed by atoms with van der Waals surface area (Å²) in [7, 11) is 0. The van der Waals surface area contributed by atoms with Crippen LogP contribution in [-0.2, 0) is 16.1 Å². The summed E-state index contributed by atoms with van der Waals surface area (Å²) in [4.78, 5) is 43.0. The Kier molecular flexibility index (Phi) is 6.30. The Bertz CT molecular complexity index is 1390. The smallest absolute Gasteiger partial charge is 0.415 e. The standard InChI is InChI=1S/C24H23FN6O7/c1-14(32)26-9-17-10-30(23(33)37-17)15-3-5-18(19(25)7-15)20-6-4-16(8-27-20)36-13-24(2)12-29-11-21(31(34)35)28-22(29)38-24/h3-8,11,17H,9-10,12-13H2,1-2H3,(H,26,32)/t17-,24?/m0/s1. The number of nitrogens with zero attached hydrogens (tertiary/aromatic N) is 5. The second kappa shape index (κ2) is 9.61. The first-order valence-electron chi connectivity index (χ1n) is 11.6. The molecule has 3 aromatic rings. The van der Waals surface area contributed by atoms with Crippen LogP contribution in [0, 0.1) is 15.9 Å². The van der Waals surface area contributed by atoms with Crippen LogP contribution < -0.4 is 19.7 Å². The van der Waals surface area contributed by atoms with Crippen molar-refractivity contribution in [1.82, 2.24) is 19.9 Å². The zero-order valence-electron chi connectivity index (χ0n) is 20.4. The van der Waals surface area contributed by atoms with Gasteiger partial charge in [0.15, 0.2) is 5.60 Å². The molecular formula is C24H23FN6O7. The van der Waals surface area contributed by atoms with Crippen molar-refractivity contribution in [2.75, 3.05) is 24.6 Å². The third-order valence-corrected chi connectivity index (χ3v) is 6.03. The lowest BCUT2D eigenvalue weighted by atomic mass is 10.1. The Morgan fingerprint density at radius 3 is 2.84 bits per heavy atom. The van der Waals surface area contributed by atoms with Crippen molar-refractivity contribution in [1.29, 1.82) is 0 Å². The lowest BCUT2D eigenvalue weighted by Crippen LogP contribution is -2.38. The summed E-state index contributed by atoms with van der Waals surface area (Å²) >= 11 is 0. The molecule has 2 aromatic heterocycles. The molecule has 198 valence electrons. The zero-order valence-corrected chi connectivity index (χ0v) is 20.4. The molecule has 38 heavy (non-hydrogen) atoms. The maximum atomic E-state index is 15.0. The van der Waals surface area contributed by atoms with Gasteiger partial charge in [-0.05, 0) is 42.2 Å². The number of aromatic nitrogens is 3. The highest BCUT2D eigenvalue weighted by molar-refractivity contribution is 5.90. The highest BCUT2D eigenvalue weighted by atomic mass is 19.1. The van der Waals surface area contributed by atoms with E-state index in [0.717, 1.165) is 0 Å². The normalized spacial score (nSPS) is 20.0. The van der Waals surface area contributed by atoms with Crippen molar-refractivity contribution >= 4 is 23.5 Å². The number of fused-ring (bicyclic) bond motifs is 1. The van der Waals surface area contributed by atoms with Crippen LogP contribution in [0.4, 0.5) is 20.7 Å². The molecule has 0 saturated carbocycles. The second-order valence-corrected chi connectivity index (χ2v) is 9.20. The van der Waals surface area contributed by atoms with Gasteiger partial charge in [0.25, 0.3) is 0 Å². The molecule has 2 amide bonds. The molecule has 5 rings (SSSR count). The number of rotatable bonds is 8. The first kappa shape index (κ1) is 24.9. The monoisotopic (exact) mass is 526 g/mol. The number of carbonyl (C=O) groups is 2. The summed E-state index contributed by atoms with van der Waals surface area (Å²) in [5.41, 5.74) is 0.151. The van der Waals surface area contributed by atoms with Crippen LogP contribution in [-0.4, -0.2) is 62.9 Å². The quantitative estimate of drug-likeness (QED) is 0.345. The summed E-state index contributed by atoms with van der Waals surface area (Å²) in [6.07, 6.45) is 1.62. The van der Waals surface area contributed by atoms with Crippen LogP contribution in [0.1, 0.15) is 13.8 Å². The van der Waals surface area contributed by atoms with Crippen LogP contribution >= 0.6 is 0 Å². The minimum atomic E-state index is -0.782. The number of anilines is 1. The van der Waals surface area contributed by atoms with Gasteiger partial charge in [-0.15, -0.1) is 0 Å². The Hall–Kier alpha value is -4.75. The Labute approximate surface area is 215 Å². The molecule has 0 aliphatic carbocycles. The summed E-state index contributed by atoms with van der Waals surface area (Å²) in [6.45, 7) is 3.97. The van der Waals surface area contributed by atoms with Gasteiger partial charge >= 0.3 is 17.9 Å². The molecule has 13 nitrogen and oxygen atoms in total. The SMILES string of the molecule is CC(=O)NC[C@H]1CN(c2ccc(-c3ccc(OCC4(C)Cn5cc([N+](=O)[O-])nc5O4)cn3)c(F)c2)C(=O)O1. The topological polar surface area (TPSA) is 151 Å². The number of cyclic esters (lactones) is 1. The highest BCUT2D eigenvalue weighted by Gasteiger charge is 2.41. The number of hydrogen-bond donors (Lipinski definition) is 1. The van der Waals surface area contributed by atoms with Gasteiger partial charge in [-0.1, -0.05) is 0 Å². The number of imidazole rings is 1. The number of ether oxygens (including phenoxy) is 3. The van der Waals surface area contributed by atoms with Crippen molar-refractivity contribution in [2.45, 2.75) is 32.1 Å². The number of nitro groups is 1. The van der Waals surface area contributed by atoms with Gasteiger partial charge in [0.1, 0.15) is 30.5 Å². The van der Waals surface area contributed by atoms with Crippen molar-refractivity contribution in [3.05, 3.63) is 58.7 Å². The number of pyridine rings is 1. The van der Waals surface area contributed by atoms with E-state index in [0.29, 0.717) is 23.7 Å². The van der Waals surface area contributed by atoms with Gasteiger partial charge in [-0.2, -0.15) is 0 Å². The molecule has 2 aliphatic heterocycles. The Morgan fingerprint density at radius 2 is 2.18 bits per heavy atom. The van der Waals surface area contributed by atoms with Crippen molar-refractivity contribution in [2.24, 2.45) is 0 Å². The largest absolute Gasteiger partial charge is 0.488 e. The summed E-state index contributed by atoms with van der Waals surface area (Å²) < 4.78 is 33.3. The summed E-state index contributed by atoms with van der Waals surface area (Å²) in [5, 5.41) is 13.5. The number of halogens is 1. The third kappa shape index (κ3) is 5.05. The maximum Gasteiger partial charge on any atom is 0.415 e.